The Morgan fingerprint density at radius 1 is 1.11 bits per heavy atom. The molecule has 2 saturated heterocycles. The number of ether oxygens (including phenoxy) is 1. The second-order valence-corrected chi connectivity index (χ2v) is 7.62. The van der Waals surface area contributed by atoms with Crippen LogP contribution in [0.5, 0.6) is 0 Å². The summed E-state index contributed by atoms with van der Waals surface area (Å²) < 4.78 is 6.05. The van der Waals surface area contributed by atoms with Crippen molar-refractivity contribution in [1.29, 1.82) is 0 Å². The van der Waals surface area contributed by atoms with Crippen LogP contribution in [0.3, 0.4) is 0 Å². The molecule has 2 aliphatic rings. The fraction of sp³-hybridized carbons (Fsp3) is 0.933. The summed E-state index contributed by atoms with van der Waals surface area (Å²) in [6.45, 7) is 13.6. The Labute approximate surface area is 116 Å². The summed E-state index contributed by atoms with van der Waals surface area (Å²) in [5, 5.41) is 3.36. The zero-order chi connectivity index (χ0) is 14.3. The highest BCUT2D eigenvalue weighted by atomic mass is 16.5. The maximum absolute atomic E-state index is 12.9. The number of nitrogens with zero attached hydrogens (tertiary/aromatic N) is 1. The number of carbonyl (C=O) groups is 1. The van der Waals surface area contributed by atoms with Crippen LogP contribution in [0.1, 0.15) is 47.5 Å². The van der Waals surface area contributed by atoms with E-state index in [0.717, 1.165) is 25.9 Å². The van der Waals surface area contributed by atoms with Gasteiger partial charge in [-0.25, -0.2) is 0 Å². The van der Waals surface area contributed by atoms with Crippen LogP contribution in [-0.4, -0.2) is 48.2 Å². The van der Waals surface area contributed by atoms with Gasteiger partial charge in [-0.15, -0.1) is 0 Å². The normalized spacial score (nSPS) is 34.1. The first-order chi connectivity index (χ1) is 8.64. The topological polar surface area (TPSA) is 41.6 Å². The number of carbonyl (C=O) groups excluding carboxylic acids is 1. The second-order valence-electron chi connectivity index (χ2n) is 7.62. The Morgan fingerprint density at radius 2 is 1.68 bits per heavy atom. The lowest BCUT2D eigenvalue weighted by Crippen LogP contribution is -2.62. The van der Waals surface area contributed by atoms with Crippen molar-refractivity contribution in [3.05, 3.63) is 0 Å². The summed E-state index contributed by atoms with van der Waals surface area (Å²) in [6, 6.07) is 0. The van der Waals surface area contributed by atoms with E-state index in [4.69, 9.17) is 4.74 Å². The molecule has 0 bridgehead atoms. The highest BCUT2D eigenvalue weighted by Gasteiger charge is 2.45. The number of piperidine rings is 1. The molecule has 0 aliphatic carbocycles. The van der Waals surface area contributed by atoms with Crippen molar-refractivity contribution in [1.82, 2.24) is 10.2 Å². The van der Waals surface area contributed by atoms with Crippen molar-refractivity contribution < 1.29 is 9.53 Å². The van der Waals surface area contributed by atoms with Crippen molar-refractivity contribution in [2.24, 2.45) is 5.41 Å². The average Bonchev–Trinajstić information content (AvgIpc) is 2.24. The molecule has 4 heteroatoms. The minimum absolute atomic E-state index is 0.248. The second kappa shape index (κ2) is 4.74. The van der Waals surface area contributed by atoms with Gasteiger partial charge in [-0.05, 0) is 54.0 Å². The Kier molecular flexibility index (Phi) is 3.69. The molecular weight excluding hydrogens is 240 g/mol. The van der Waals surface area contributed by atoms with E-state index in [2.05, 4.69) is 39.9 Å². The van der Waals surface area contributed by atoms with E-state index in [1.165, 1.54) is 0 Å². The van der Waals surface area contributed by atoms with E-state index in [0.29, 0.717) is 13.1 Å². The van der Waals surface area contributed by atoms with Gasteiger partial charge in [0.1, 0.15) is 0 Å². The summed E-state index contributed by atoms with van der Waals surface area (Å²) in [5.41, 5.74) is -0.784. The summed E-state index contributed by atoms with van der Waals surface area (Å²) in [5.74, 6) is 0.282. The lowest BCUT2D eigenvalue weighted by molar-refractivity contribution is -0.193. The van der Waals surface area contributed by atoms with Crippen LogP contribution >= 0.6 is 0 Å². The Balaban J connectivity index is 2.14. The Bertz CT molecular complexity index is 341. The molecule has 4 nitrogen and oxygen atoms in total. The smallest absolute Gasteiger partial charge is 0.229 e. The maximum Gasteiger partial charge on any atom is 0.229 e. The molecule has 1 N–H and O–H groups in total. The summed E-state index contributed by atoms with van der Waals surface area (Å²) in [4.78, 5) is 14.9. The monoisotopic (exact) mass is 268 g/mol. The van der Waals surface area contributed by atoms with E-state index in [1.54, 1.807) is 0 Å². The minimum atomic E-state index is -0.268. The molecule has 110 valence electrons. The molecule has 1 atom stereocenters. The molecule has 2 rings (SSSR count). The predicted molar refractivity (Wildman–Crippen MR) is 76.0 cm³/mol. The molecular formula is C15H28N2O2. The van der Waals surface area contributed by atoms with E-state index >= 15 is 0 Å². The third-order valence-electron chi connectivity index (χ3n) is 4.10. The van der Waals surface area contributed by atoms with Gasteiger partial charge in [0.25, 0.3) is 0 Å². The van der Waals surface area contributed by atoms with Crippen LogP contribution in [0.2, 0.25) is 0 Å². The highest BCUT2D eigenvalue weighted by molar-refractivity contribution is 5.83. The molecule has 19 heavy (non-hydrogen) atoms. The average molecular weight is 268 g/mol. The van der Waals surface area contributed by atoms with E-state index < -0.39 is 0 Å². The zero-order valence-electron chi connectivity index (χ0n) is 13.0. The predicted octanol–water partition coefficient (Wildman–Crippen LogP) is 1.79. The molecule has 1 unspecified atom stereocenters. The van der Waals surface area contributed by atoms with Crippen LogP contribution in [0.15, 0.2) is 0 Å². The fourth-order valence-electron chi connectivity index (χ4n) is 3.55. The van der Waals surface area contributed by atoms with Crippen LogP contribution in [0, 0.1) is 5.41 Å². The third-order valence-corrected chi connectivity index (χ3v) is 4.10. The van der Waals surface area contributed by atoms with Crippen molar-refractivity contribution in [2.45, 2.75) is 58.7 Å². The van der Waals surface area contributed by atoms with Gasteiger partial charge in [0.2, 0.25) is 5.91 Å². The maximum atomic E-state index is 12.9. The van der Waals surface area contributed by atoms with Gasteiger partial charge < -0.3 is 15.0 Å². The van der Waals surface area contributed by atoms with Crippen molar-refractivity contribution in [3.63, 3.8) is 0 Å². The highest BCUT2D eigenvalue weighted by Crippen LogP contribution is 2.33. The van der Waals surface area contributed by atoms with Gasteiger partial charge >= 0.3 is 0 Å². The Morgan fingerprint density at radius 3 is 2.16 bits per heavy atom. The SMILES string of the molecule is CC1(C)CN(C(=O)C2(C)CCCNC2)CC(C)(C)O1. The van der Waals surface area contributed by atoms with Gasteiger partial charge in [0.05, 0.1) is 16.6 Å². The van der Waals surface area contributed by atoms with Crippen LogP contribution in [-0.2, 0) is 9.53 Å². The molecule has 0 aromatic heterocycles. The van der Waals surface area contributed by atoms with Crippen molar-refractivity contribution >= 4 is 5.91 Å². The first kappa shape index (κ1) is 14.8. The van der Waals surface area contributed by atoms with E-state index in [-0.39, 0.29) is 22.5 Å². The quantitative estimate of drug-likeness (QED) is 0.788. The lowest BCUT2D eigenvalue weighted by Gasteiger charge is -2.49. The van der Waals surface area contributed by atoms with Crippen molar-refractivity contribution in [2.75, 3.05) is 26.2 Å². The first-order valence-corrected chi connectivity index (χ1v) is 7.34. The number of nitrogens with one attached hydrogen (secondary N) is 1. The molecule has 0 radical (unpaired) electrons. The van der Waals surface area contributed by atoms with Gasteiger partial charge in [0, 0.05) is 19.6 Å². The number of amides is 1. The zero-order valence-corrected chi connectivity index (χ0v) is 13.0. The summed E-state index contributed by atoms with van der Waals surface area (Å²) in [6.07, 6.45) is 2.07. The first-order valence-electron chi connectivity index (χ1n) is 7.34. The third kappa shape index (κ3) is 3.29. The number of morpholine rings is 1. The van der Waals surface area contributed by atoms with Gasteiger partial charge in [0.15, 0.2) is 0 Å². The van der Waals surface area contributed by atoms with Gasteiger partial charge in [-0.1, -0.05) is 0 Å². The Hall–Kier alpha value is -0.610. The molecule has 0 saturated carbocycles. The standard InChI is InChI=1S/C15H28N2O2/c1-13(2)10-17(11-14(3,4)19-13)12(18)15(5)7-6-8-16-9-15/h16H,6-11H2,1-5H3. The fourth-order valence-corrected chi connectivity index (χ4v) is 3.55. The molecule has 0 aromatic carbocycles. The molecule has 0 spiro atoms. The largest absolute Gasteiger partial charge is 0.366 e. The van der Waals surface area contributed by atoms with Gasteiger partial charge in [-0.3, -0.25) is 4.79 Å². The summed E-state index contributed by atoms with van der Waals surface area (Å²) >= 11 is 0. The van der Waals surface area contributed by atoms with Crippen LogP contribution < -0.4 is 5.32 Å². The number of hydrogen-bond acceptors (Lipinski definition) is 3. The summed E-state index contributed by atoms with van der Waals surface area (Å²) in [7, 11) is 0. The molecule has 0 aromatic rings. The number of rotatable bonds is 1. The van der Waals surface area contributed by atoms with Gasteiger partial charge in [-0.2, -0.15) is 0 Å². The van der Waals surface area contributed by atoms with E-state index in [1.807, 2.05) is 4.90 Å². The molecule has 2 fully saturated rings. The van der Waals surface area contributed by atoms with Crippen LogP contribution in [0.25, 0.3) is 0 Å². The van der Waals surface area contributed by atoms with Crippen LogP contribution in [0.4, 0.5) is 0 Å². The minimum Gasteiger partial charge on any atom is -0.366 e. The number of hydrogen-bond donors (Lipinski definition) is 1. The van der Waals surface area contributed by atoms with E-state index in [9.17, 15) is 4.79 Å². The molecule has 1 amide bonds. The lowest BCUT2D eigenvalue weighted by atomic mass is 9.80. The molecule has 2 heterocycles. The molecule has 2 aliphatic heterocycles. The van der Waals surface area contributed by atoms with Crippen molar-refractivity contribution in [3.8, 4) is 0 Å².